The van der Waals surface area contributed by atoms with E-state index in [1.165, 1.54) is 12.8 Å². The van der Waals surface area contributed by atoms with Gasteiger partial charge in [0.2, 0.25) is 0 Å². The van der Waals surface area contributed by atoms with Crippen LogP contribution >= 0.6 is 0 Å². The van der Waals surface area contributed by atoms with Crippen LogP contribution in [0.15, 0.2) is 18.5 Å². The van der Waals surface area contributed by atoms with Gasteiger partial charge in [0, 0.05) is 17.8 Å². The maximum absolute atomic E-state index is 10.3. The molecule has 0 spiro atoms. The molecule has 17 heavy (non-hydrogen) atoms. The van der Waals surface area contributed by atoms with Crippen LogP contribution in [0, 0.1) is 0 Å². The average Bonchev–Trinajstić information content (AvgIpc) is 2.40. The number of hydrogen-bond acceptors (Lipinski definition) is 4. The molecule has 2 heterocycles. The van der Waals surface area contributed by atoms with Gasteiger partial charge in [-0.05, 0) is 32.4 Å². The Bertz CT molecular complexity index is 351. The average molecular weight is 236 g/mol. The summed E-state index contributed by atoms with van der Waals surface area (Å²) in [7, 11) is 0. The fourth-order valence-corrected chi connectivity index (χ4v) is 2.22. The highest BCUT2D eigenvalue weighted by atomic mass is 16.5. The van der Waals surface area contributed by atoms with Gasteiger partial charge in [0.05, 0.1) is 18.9 Å². The molecule has 0 aromatic carbocycles. The Balaban J connectivity index is 2.06. The van der Waals surface area contributed by atoms with E-state index >= 15 is 0 Å². The largest absolute Gasteiger partial charge is 0.492 e. The van der Waals surface area contributed by atoms with Crippen LogP contribution in [0.3, 0.4) is 0 Å². The molecule has 0 bridgehead atoms. The van der Waals surface area contributed by atoms with E-state index in [9.17, 15) is 5.11 Å². The third kappa shape index (κ3) is 3.17. The summed E-state index contributed by atoms with van der Waals surface area (Å²) in [6, 6.07) is 2.01. The van der Waals surface area contributed by atoms with Gasteiger partial charge in [-0.1, -0.05) is 6.42 Å². The molecule has 2 atom stereocenters. The summed E-state index contributed by atoms with van der Waals surface area (Å²) in [6.45, 7) is 3.54. The molecule has 1 aromatic heterocycles. The molecule has 94 valence electrons. The second kappa shape index (κ2) is 5.98. The number of aliphatic hydroxyl groups excluding tert-OH is 1. The fraction of sp³-hybridized carbons (Fsp3) is 0.615. The predicted octanol–water partition coefficient (Wildman–Crippen LogP) is 1.66. The quantitative estimate of drug-likeness (QED) is 0.834. The molecule has 0 aliphatic carbocycles. The van der Waals surface area contributed by atoms with Crippen LogP contribution in [-0.4, -0.2) is 29.3 Å². The lowest BCUT2D eigenvalue weighted by atomic mass is 9.96. The minimum atomic E-state index is -0.497. The van der Waals surface area contributed by atoms with Gasteiger partial charge >= 0.3 is 0 Å². The summed E-state index contributed by atoms with van der Waals surface area (Å²) in [6.07, 6.45) is 6.27. The molecule has 1 saturated heterocycles. The van der Waals surface area contributed by atoms with Crippen LogP contribution in [0.4, 0.5) is 0 Å². The van der Waals surface area contributed by atoms with Gasteiger partial charge in [-0.15, -0.1) is 0 Å². The SMILES string of the molecule is CCOc1cncc(C(O)C2CCCCN2)c1. The van der Waals surface area contributed by atoms with Crippen molar-refractivity contribution in [2.75, 3.05) is 13.2 Å². The lowest BCUT2D eigenvalue weighted by Gasteiger charge is -2.28. The zero-order valence-electron chi connectivity index (χ0n) is 10.2. The predicted molar refractivity (Wildman–Crippen MR) is 66.0 cm³/mol. The van der Waals surface area contributed by atoms with Gasteiger partial charge in [-0.3, -0.25) is 4.98 Å². The van der Waals surface area contributed by atoms with E-state index in [2.05, 4.69) is 10.3 Å². The van der Waals surface area contributed by atoms with Gasteiger partial charge in [-0.2, -0.15) is 0 Å². The number of ether oxygens (including phenoxy) is 1. The molecule has 1 aliphatic heterocycles. The number of nitrogens with zero attached hydrogens (tertiary/aromatic N) is 1. The van der Waals surface area contributed by atoms with Crippen LogP contribution in [0.1, 0.15) is 37.9 Å². The summed E-state index contributed by atoms with van der Waals surface area (Å²) in [4.78, 5) is 4.11. The van der Waals surface area contributed by atoms with E-state index in [0.717, 1.165) is 24.3 Å². The minimum Gasteiger partial charge on any atom is -0.492 e. The minimum absolute atomic E-state index is 0.141. The summed E-state index contributed by atoms with van der Waals surface area (Å²) < 4.78 is 5.39. The molecule has 2 N–H and O–H groups in total. The fourth-order valence-electron chi connectivity index (χ4n) is 2.22. The molecule has 0 saturated carbocycles. The molecule has 2 unspecified atom stereocenters. The van der Waals surface area contributed by atoms with E-state index in [4.69, 9.17) is 4.74 Å². The van der Waals surface area contributed by atoms with Crippen LogP contribution in [0.5, 0.6) is 5.75 Å². The second-order valence-electron chi connectivity index (χ2n) is 4.39. The zero-order chi connectivity index (χ0) is 12.1. The number of rotatable bonds is 4. The van der Waals surface area contributed by atoms with Crippen molar-refractivity contribution in [1.82, 2.24) is 10.3 Å². The normalized spacial score (nSPS) is 22.1. The van der Waals surface area contributed by atoms with E-state index in [1.807, 2.05) is 13.0 Å². The number of nitrogens with one attached hydrogen (secondary N) is 1. The number of aromatic nitrogens is 1. The van der Waals surface area contributed by atoms with Crippen molar-refractivity contribution >= 4 is 0 Å². The van der Waals surface area contributed by atoms with Crippen LogP contribution < -0.4 is 10.1 Å². The van der Waals surface area contributed by atoms with E-state index in [1.54, 1.807) is 12.4 Å². The van der Waals surface area contributed by atoms with Crippen LogP contribution in [0.2, 0.25) is 0 Å². The van der Waals surface area contributed by atoms with E-state index in [-0.39, 0.29) is 6.04 Å². The first kappa shape index (κ1) is 12.3. The van der Waals surface area contributed by atoms with Gasteiger partial charge in [0.25, 0.3) is 0 Å². The second-order valence-corrected chi connectivity index (χ2v) is 4.39. The number of pyridine rings is 1. The van der Waals surface area contributed by atoms with Crippen molar-refractivity contribution in [1.29, 1.82) is 0 Å². The Labute approximate surface area is 102 Å². The molecular formula is C13H20N2O2. The van der Waals surface area contributed by atoms with Crippen molar-refractivity contribution in [2.45, 2.75) is 38.3 Å². The number of hydrogen-bond donors (Lipinski definition) is 2. The molecule has 1 aromatic rings. The first-order valence-electron chi connectivity index (χ1n) is 6.30. The van der Waals surface area contributed by atoms with Gasteiger partial charge in [0.1, 0.15) is 5.75 Å². The Morgan fingerprint density at radius 3 is 3.12 bits per heavy atom. The van der Waals surface area contributed by atoms with Crippen molar-refractivity contribution in [2.24, 2.45) is 0 Å². The first-order chi connectivity index (χ1) is 8.31. The molecule has 2 rings (SSSR count). The third-order valence-electron chi connectivity index (χ3n) is 3.12. The lowest BCUT2D eigenvalue weighted by molar-refractivity contribution is 0.113. The smallest absolute Gasteiger partial charge is 0.137 e. The molecule has 1 aliphatic rings. The Morgan fingerprint density at radius 2 is 2.41 bits per heavy atom. The lowest BCUT2D eigenvalue weighted by Crippen LogP contribution is -2.38. The Hall–Kier alpha value is -1.13. The van der Waals surface area contributed by atoms with Gasteiger partial charge in [0.15, 0.2) is 0 Å². The first-order valence-corrected chi connectivity index (χ1v) is 6.30. The maximum Gasteiger partial charge on any atom is 0.137 e. The number of aliphatic hydroxyl groups is 1. The molecule has 0 amide bonds. The van der Waals surface area contributed by atoms with Crippen molar-refractivity contribution < 1.29 is 9.84 Å². The molecule has 4 heteroatoms. The molecule has 0 radical (unpaired) electrons. The summed E-state index contributed by atoms with van der Waals surface area (Å²) in [5.41, 5.74) is 0.829. The summed E-state index contributed by atoms with van der Waals surface area (Å²) in [5, 5.41) is 13.6. The van der Waals surface area contributed by atoms with Gasteiger partial charge < -0.3 is 15.2 Å². The summed E-state index contributed by atoms with van der Waals surface area (Å²) in [5.74, 6) is 0.722. The molecule has 4 nitrogen and oxygen atoms in total. The standard InChI is InChI=1S/C13H20N2O2/c1-2-17-11-7-10(8-14-9-11)13(16)12-5-3-4-6-15-12/h7-9,12-13,15-16H,2-6H2,1H3. The number of piperidine rings is 1. The summed E-state index contributed by atoms with van der Waals surface area (Å²) >= 11 is 0. The van der Waals surface area contributed by atoms with Crippen molar-refractivity contribution in [3.05, 3.63) is 24.0 Å². The Kier molecular flexibility index (Phi) is 4.34. The highest BCUT2D eigenvalue weighted by molar-refractivity contribution is 5.26. The van der Waals surface area contributed by atoms with E-state index < -0.39 is 6.10 Å². The van der Waals surface area contributed by atoms with Crippen LogP contribution in [0.25, 0.3) is 0 Å². The zero-order valence-corrected chi connectivity index (χ0v) is 10.2. The maximum atomic E-state index is 10.3. The monoisotopic (exact) mass is 236 g/mol. The Morgan fingerprint density at radius 1 is 1.53 bits per heavy atom. The van der Waals surface area contributed by atoms with Gasteiger partial charge in [-0.25, -0.2) is 0 Å². The molecule has 1 fully saturated rings. The highest BCUT2D eigenvalue weighted by Crippen LogP contribution is 2.24. The van der Waals surface area contributed by atoms with E-state index in [0.29, 0.717) is 6.61 Å². The topological polar surface area (TPSA) is 54.4 Å². The highest BCUT2D eigenvalue weighted by Gasteiger charge is 2.23. The third-order valence-corrected chi connectivity index (χ3v) is 3.12. The van der Waals surface area contributed by atoms with Crippen molar-refractivity contribution in [3.63, 3.8) is 0 Å². The van der Waals surface area contributed by atoms with Crippen molar-refractivity contribution in [3.8, 4) is 5.75 Å². The van der Waals surface area contributed by atoms with Crippen LogP contribution in [-0.2, 0) is 0 Å². The molecular weight excluding hydrogens is 216 g/mol.